The van der Waals surface area contributed by atoms with Crippen molar-refractivity contribution in [2.24, 2.45) is 5.10 Å². The lowest BCUT2D eigenvalue weighted by atomic mass is 10.1. The molecule has 10 heteroatoms. The van der Waals surface area contributed by atoms with Gasteiger partial charge in [0.25, 0.3) is 11.5 Å². The highest BCUT2D eigenvalue weighted by molar-refractivity contribution is 9.10. The highest BCUT2D eigenvalue weighted by atomic mass is 79.9. The van der Waals surface area contributed by atoms with E-state index in [1.807, 2.05) is 50.2 Å². The Balaban J connectivity index is 1.78. The first-order valence-corrected chi connectivity index (χ1v) is 11.5. The summed E-state index contributed by atoms with van der Waals surface area (Å²) in [5.74, 6) is 0.281. The summed E-state index contributed by atoms with van der Waals surface area (Å²) in [6.45, 7) is 5.46. The van der Waals surface area contributed by atoms with Crippen LogP contribution in [0.5, 0.6) is 5.75 Å². The molecule has 2 heterocycles. The van der Waals surface area contributed by atoms with Crippen LogP contribution in [0.1, 0.15) is 33.8 Å². The molecule has 0 saturated carbocycles. The van der Waals surface area contributed by atoms with Crippen LogP contribution in [0.25, 0.3) is 5.69 Å². The molecule has 0 fully saturated rings. The van der Waals surface area contributed by atoms with Crippen molar-refractivity contribution in [3.05, 3.63) is 78.9 Å². The standard InChI is InChI=1S/C25H26BrN5O4/c1-15-10-18(16(2)31(15)19-6-8-20(35-5)9-7-19)12-28-29-23(32)13-30-17(3)24(26)22(14-34-4)21(11-27)25(30)33/h6-10,12H,13-14H2,1-5H3,(H,29,32)/b28-12-. The van der Waals surface area contributed by atoms with Crippen LogP contribution in [0.2, 0.25) is 0 Å². The van der Waals surface area contributed by atoms with Gasteiger partial charge in [-0.15, -0.1) is 0 Å². The quantitative estimate of drug-likeness (QED) is 0.348. The van der Waals surface area contributed by atoms with Gasteiger partial charge in [0, 0.05) is 45.5 Å². The molecule has 3 rings (SSSR count). The fraction of sp³-hybridized carbons (Fsp3) is 0.280. The van der Waals surface area contributed by atoms with E-state index in [-0.39, 0.29) is 18.7 Å². The molecule has 1 N–H and O–H groups in total. The van der Waals surface area contributed by atoms with Gasteiger partial charge in [-0.1, -0.05) is 0 Å². The van der Waals surface area contributed by atoms with Gasteiger partial charge in [-0.3, -0.25) is 9.59 Å². The van der Waals surface area contributed by atoms with Crippen LogP contribution >= 0.6 is 15.9 Å². The number of nitrogens with zero attached hydrogens (tertiary/aromatic N) is 4. The van der Waals surface area contributed by atoms with Gasteiger partial charge < -0.3 is 18.6 Å². The molecule has 0 atom stereocenters. The number of aryl methyl sites for hydroxylation is 1. The van der Waals surface area contributed by atoms with Gasteiger partial charge in [-0.25, -0.2) is 5.43 Å². The van der Waals surface area contributed by atoms with Crippen molar-refractivity contribution in [3.8, 4) is 17.5 Å². The Morgan fingerprint density at radius 1 is 1.20 bits per heavy atom. The number of aromatic nitrogens is 2. The molecular formula is C25H26BrN5O4. The number of carbonyl (C=O) groups is 1. The SMILES string of the molecule is COCc1c(Br)c(C)n(CC(=O)N/N=C\c2cc(C)n(-c3ccc(OC)cc3)c2C)c(=O)c1C#N. The van der Waals surface area contributed by atoms with Crippen molar-refractivity contribution in [2.75, 3.05) is 14.2 Å². The maximum atomic E-state index is 12.8. The smallest absolute Gasteiger partial charge is 0.269 e. The minimum atomic E-state index is -0.553. The molecule has 3 aromatic rings. The maximum Gasteiger partial charge on any atom is 0.269 e. The molecule has 0 aliphatic heterocycles. The predicted octanol–water partition coefficient (Wildman–Crippen LogP) is 3.50. The van der Waals surface area contributed by atoms with Crippen molar-refractivity contribution in [1.82, 2.24) is 14.6 Å². The molecule has 2 aromatic heterocycles. The fourth-order valence-corrected chi connectivity index (χ4v) is 4.37. The first-order valence-electron chi connectivity index (χ1n) is 10.7. The topological polar surface area (TPSA) is 111 Å². The summed E-state index contributed by atoms with van der Waals surface area (Å²) in [5.41, 5.74) is 6.60. The number of ether oxygens (including phenoxy) is 2. The minimum absolute atomic E-state index is 0.0633. The summed E-state index contributed by atoms with van der Waals surface area (Å²) in [6.07, 6.45) is 1.56. The summed E-state index contributed by atoms with van der Waals surface area (Å²) >= 11 is 3.41. The average molecular weight is 540 g/mol. The number of hydrazone groups is 1. The largest absolute Gasteiger partial charge is 0.497 e. The van der Waals surface area contributed by atoms with Crippen LogP contribution in [0.3, 0.4) is 0 Å². The van der Waals surface area contributed by atoms with Crippen molar-refractivity contribution in [2.45, 2.75) is 33.9 Å². The second-order valence-electron chi connectivity index (χ2n) is 7.84. The summed E-state index contributed by atoms with van der Waals surface area (Å²) in [5, 5.41) is 13.5. The number of nitriles is 1. The molecule has 0 bridgehead atoms. The number of halogens is 1. The Morgan fingerprint density at radius 2 is 1.89 bits per heavy atom. The lowest BCUT2D eigenvalue weighted by molar-refractivity contribution is -0.121. The van der Waals surface area contributed by atoms with Crippen molar-refractivity contribution in [1.29, 1.82) is 5.26 Å². The van der Waals surface area contributed by atoms with Crippen LogP contribution < -0.4 is 15.7 Å². The molecule has 182 valence electrons. The van der Waals surface area contributed by atoms with Crippen molar-refractivity contribution >= 4 is 28.1 Å². The van der Waals surface area contributed by atoms with E-state index in [1.54, 1.807) is 20.2 Å². The highest BCUT2D eigenvalue weighted by Crippen LogP contribution is 2.24. The van der Waals surface area contributed by atoms with Crippen molar-refractivity contribution < 1.29 is 14.3 Å². The second kappa shape index (κ2) is 11.2. The number of rotatable bonds is 8. The van der Waals surface area contributed by atoms with Crippen LogP contribution in [-0.4, -0.2) is 35.5 Å². The van der Waals surface area contributed by atoms with Gasteiger partial charge in [-0.2, -0.15) is 10.4 Å². The zero-order valence-corrected chi connectivity index (χ0v) is 21.8. The highest BCUT2D eigenvalue weighted by Gasteiger charge is 2.19. The Labute approximate surface area is 211 Å². The van der Waals surface area contributed by atoms with E-state index in [0.29, 0.717) is 15.7 Å². The van der Waals surface area contributed by atoms with Gasteiger partial charge in [0.1, 0.15) is 23.9 Å². The van der Waals surface area contributed by atoms with E-state index < -0.39 is 11.5 Å². The molecule has 9 nitrogen and oxygen atoms in total. The summed E-state index contributed by atoms with van der Waals surface area (Å²) < 4.78 is 14.2. The molecule has 0 spiro atoms. The number of hydrogen-bond donors (Lipinski definition) is 1. The monoisotopic (exact) mass is 539 g/mol. The van der Waals surface area contributed by atoms with E-state index in [2.05, 4.69) is 31.0 Å². The Kier molecular flexibility index (Phi) is 8.27. The van der Waals surface area contributed by atoms with Gasteiger partial charge in [-0.05, 0) is 67.0 Å². The second-order valence-corrected chi connectivity index (χ2v) is 8.64. The Morgan fingerprint density at radius 3 is 2.49 bits per heavy atom. The Hall–Kier alpha value is -3.68. The fourth-order valence-electron chi connectivity index (χ4n) is 3.85. The summed E-state index contributed by atoms with van der Waals surface area (Å²) in [7, 11) is 3.10. The van der Waals surface area contributed by atoms with Crippen LogP contribution in [0.15, 0.2) is 44.7 Å². The maximum absolute atomic E-state index is 12.8. The zero-order chi connectivity index (χ0) is 25.7. The third-order valence-corrected chi connectivity index (χ3v) is 6.70. The molecule has 1 amide bonds. The number of pyridine rings is 1. The molecule has 1 aromatic carbocycles. The van der Waals surface area contributed by atoms with Crippen LogP contribution in [-0.2, 0) is 22.7 Å². The number of hydrogen-bond acceptors (Lipinski definition) is 6. The molecule has 0 aliphatic rings. The zero-order valence-electron chi connectivity index (χ0n) is 20.2. The predicted molar refractivity (Wildman–Crippen MR) is 136 cm³/mol. The molecule has 0 radical (unpaired) electrons. The van der Waals surface area contributed by atoms with Gasteiger partial charge in [0.05, 0.1) is 19.9 Å². The van der Waals surface area contributed by atoms with Gasteiger partial charge in [0.15, 0.2) is 0 Å². The summed E-state index contributed by atoms with van der Waals surface area (Å²) in [6, 6.07) is 11.6. The normalized spacial score (nSPS) is 11.0. The van der Waals surface area contributed by atoms with Crippen molar-refractivity contribution in [3.63, 3.8) is 0 Å². The molecule has 0 saturated heterocycles. The molecule has 35 heavy (non-hydrogen) atoms. The van der Waals surface area contributed by atoms with E-state index >= 15 is 0 Å². The lowest BCUT2D eigenvalue weighted by Crippen LogP contribution is -2.33. The van der Waals surface area contributed by atoms with E-state index in [0.717, 1.165) is 28.4 Å². The minimum Gasteiger partial charge on any atom is -0.497 e. The average Bonchev–Trinajstić information content (AvgIpc) is 3.13. The molecule has 0 unspecified atom stereocenters. The van der Waals surface area contributed by atoms with Crippen LogP contribution in [0.4, 0.5) is 0 Å². The third-order valence-electron chi connectivity index (χ3n) is 5.64. The first-order chi connectivity index (χ1) is 16.7. The first kappa shape index (κ1) is 25.9. The van der Waals surface area contributed by atoms with E-state index in [9.17, 15) is 14.9 Å². The number of carbonyl (C=O) groups excluding carboxylic acids is 1. The lowest BCUT2D eigenvalue weighted by Gasteiger charge is -2.15. The summed E-state index contributed by atoms with van der Waals surface area (Å²) in [4.78, 5) is 25.3. The third kappa shape index (κ3) is 5.37. The molecule has 0 aliphatic carbocycles. The molecular weight excluding hydrogens is 514 g/mol. The number of nitrogens with one attached hydrogen (secondary N) is 1. The number of amides is 1. The van der Waals surface area contributed by atoms with Gasteiger partial charge in [0.2, 0.25) is 0 Å². The Bertz CT molecular complexity index is 1380. The van der Waals surface area contributed by atoms with E-state index in [4.69, 9.17) is 9.47 Å². The van der Waals surface area contributed by atoms with Crippen LogP contribution in [0, 0.1) is 32.1 Å². The number of benzene rings is 1. The van der Waals surface area contributed by atoms with E-state index in [1.165, 1.54) is 11.7 Å². The van der Waals surface area contributed by atoms with Gasteiger partial charge >= 0.3 is 0 Å². The number of methoxy groups -OCH3 is 2.